The summed E-state index contributed by atoms with van der Waals surface area (Å²) < 4.78 is 0. The molecule has 0 aromatic heterocycles. The van der Waals surface area contributed by atoms with Crippen molar-refractivity contribution in [1.82, 2.24) is 4.90 Å². The molecule has 1 rings (SSSR count). The van der Waals surface area contributed by atoms with Gasteiger partial charge in [-0.05, 0) is 24.8 Å². The van der Waals surface area contributed by atoms with Crippen LogP contribution in [0.4, 0.5) is 0 Å². The van der Waals surface area contributed by atoms with Gasteiger partial charge < -0.3 is 10.0 Å². The van der Waals surface area contributed by atoms with Crippen molar-refractivity contribution in [3.05, 3.63) is 0 Å². The van der Waals surface area contributed by atoms with Gasteiger partial charge in [-0.1, -0.05) is 20.8 Å². The summed E-state index contributed by atoms with van der Waals surface area (Å²) in [5, 5.41) is 9.57. The van der Waals surface area contributed by atoms with Gasteiger partial charge in [-0.3, -0.25) is 0 Å². The fourth-order valence-corrected chi connectivity index (χ4v) is 1.92. The molecule has 72 valence electrons. The number of piperidine rings is 1. The maximum absolute atomic E-state index is 9.57. The van der Waals surface area contributed by atoms with E-state index in [2.05, 4.69) is 32.7 Å². The Hall–Kier alpha value is -0.0800. The van der Waals surface area contributed by atoms with Crippen LogP contribution in [0.15, 0.2) is 0 Å². The average Bonchev–Trinajstić information content (AvgIpc) is 1.82. The molecule has 0 aliphatic carbocycles. The number of hydrogen-bond donors (Lipinski definition) is 1. The van der Waals surface area contributed by atoms with Crippen molar-refractivity contribution in [1.29, 1.82) is 0 Å². The largest absolute Gasteiger partial charge is 0.392 e. The Morgan fingerprint density at radius 1 is 1.25 bits per heavy atom. The molecule has 1 fully saturated rings. The highest BCUT2D eigenvalue weighted by Crippen LogP contribution is 2.32. The fourth-order valence-electron chi connectivity index (χ4n) is 1.92. The van der Waals surface area contributed by atoms with E-state index in [-0.39, 0.29) is 6.10 Å². The van der Waals surface area contributed by atoms with E-state index >= 15 is 0 Å². The molecule has 0 aromatic carbocycles. The fraction of sp³-hybridized carbons (Fsp3) is 1.00. The van der Waals surface area contributed by atoms with Crippen molar-refractivity contribution in [2.24, 2.45) is 11.3 Å². The Bertz CT molecular complexity index is 140. The number of hydrogen-bond acceptors (Lipinski definition) is 2. The van der Waals surface area contributed by atoms with Crippen molar-refractivity contribution in [2.45, 2.75) is 33.3 Å². The standard InChI is InChI=1S/C10H21NO/c1-10(2,3)8-5-9(12)7-11(4)6-8/h8-9,12H,5-7H2,1-4H3/t8-,9+/m1/s1. The van der Waals surface area contributed by atoms with Crippen LogP contribution in [0, 0.1) is 11.3 Å². The number of β-amino-alcohol motifs (C(OH)–C–C–N with tert-alkyl or cyclic N) is 1. The maximum atomic E-state index is 9.57. The van der Waals surface area contributed by atoms with Gasteiger partial charge in [0.15, 0.2) is 0 Å². The minimum absolute atomic E-state index is 0.118. The van der Waals surface area contributed by atoms with E-state index < -0.39 is 0 Å². The molecule has 1 aliphatic rings. The normalized spacial score (nSPS) is 33.8. The van der Waals surface area contributed by atoms with Gasteiger partial charge in [0, 0.05) is 13.1 Å². The van der Waals surface area contributed by atoms with Gasteiger partial charge >= 0.3 is 0 Å². The molecule has 12 heavy (non-hydrogen) atoms. The molecule has 2 atom stereocenters. The predicted molar refractivity (Wildman–Crippen MR) is 51.1 cm³/mol. The van der Waals surface area contributed by atoms with Crippen LogP contribution in [0.1, 0.15) is 27.2 Å². The Balaban J connectivity index is 2.55. The first-order valence-corrected chi connectivity index (χ1v) is 4.76. The van der Waals surface area contributed by atoms with Gasteiger partial charge in [-0.25, -0.2) is 0 Å². The maximum Gasteiger partial charge on any atom is 0.0670 e. The number of nitrogens with zero attached hydrogens (tertiary/aromatic N) is 1. The lowest BCUT2D eigenvalue weighted by Crippen LogP contribution is -2.44. The van der Waals surface area contributed by atoms with Gasteiger partial charge in [0.25, 0.3) is 0 Å². The van der Waals surface area contributed by atoms with Crippen molar-refractivity contribution in [3.63, 3.8) is 0 Å². The lowest BCUT2D eigenvalue weighted by molar-refractivity contribution is 0.0157. The number of aliphatic hydroxyl groups excluding tert-OH is 1. The molecule has 0 unspecified atom stereocenters. The van der Waals surface area contributed by atoms with E-state index in [1.165, 1.54) is 0 Å². The summed E-state index contributed by atoms with van der Waals surface area (Å²) in [5.41, 5.74) is 0.329. The van der Waals surface area contributed by atoms with Crippen molar-refractivity contribution in [3.8, 4) is 0 Å². The second-order valence-electron chi connectivity index (χ2n) is 5.17. The minimum Gasteiger partial charge on any atom is -0.392 e. The van der Waals surface area contributed by atoms with Crippen molar-refractivity contribution < 1.29 is 5.11 Å². The summed E-state index contributed by atoms with van der Waals surface area (Å²) in [5.74, 6) is 0.631. The lowest BCUT2D eigenvalue weighted by atomic mass is 9.75. The van der Waals surface area contributed by atoms with E-state index in [4.69, 9.17) is 0 Å². The summed E-state index contributed by atoms with van der Waals surface area (Å²) in [4.78, 5) is 2.23. The van der Waals surface area contributed by atoms with E-state index in [1.807, 2.05) is 0 Å². The third kappa shape index (κ3) is 2.46. The van der Waals surface area contributed by atoms with Crippen LogP contribution in [-0.4, -0.2) is 36.2 Å². The number of rotatable bonds is 0. The molecule has 1 aliphatic heterocycles. The van der Waals surface area contributed by atoms with Crippen LogP contribution in [-0.2, 0) is 0 Å². The molecule has 2 heteroatoms. The quantitative estimate of drug-likeness (QED) is 0.594. The van der Waals surface area contributed by atoms with Gasteiger partial charge in [-0.2, -0.15) is 0 Å². The van der Waals surface area contributed by atoms with Crippen LogP contribution in [0.5, 0.6) is 0 Å². The first kappa shape index (κ1) is 10.0. The van der Waals surface area contributed by atoms with E-state index in [0.717, 1.165) is 19.5 Å². The van der Waals surface area contributed by atoms with E-state index in [1.54, 1.807) is 0 Å². The van der Waals surface area contributed by atoms with Gasteiger partial charge in [0.05, 0.1) is 6.10 Å². The average molecular weight is 171 g/mol. The molecule has 0 aromatic rings. The van der Waals surface area contributed by atoms with Gasteiger partial charge in [0.2, 0.25) is 0 Å². The van der Waals surface area contributed by atoms with Crippen molar-refractivity contribution in [2.75, 3.05) is 20.1 Å². The molecule has 2 nitrogen and oxygen atoms in total. The monoisotopic (exact) mass is 171 g/mol. The molecule has 0 radical (unpaired) electrons. The second-order valence-corrected chi connectivity index (χ2v) is 5.17. The summed E-state index contributed by atoms with van der Waals surface area (Å²) in [6, 6.07) is 0. The van der Waals surface area contributed by atoms with E-state index in [9.17, 15) is 5.11 Å². The molecule has 1 N–H and O–H groups in total. The Morgan fingerprint density at radius 2 is 1.83 bits per heavy atom. The number of aliphatic hydroxyl groups is 1. The van der Waals surface area contributed by atoms with Crippen molar-refractivity contribution >= 4 is 0 Å². The summed E-state index contributed by atoms with van der Waals surface area (Å²) >= 11 is 0. The second kappa shape index (κ2) is 3.35. The highest BCUT2D eigenvalue weighted by Gasteiger charge is 2.31. The molecule has 1 saturated heterocycles. The van der Waals surface area contributed by atoms with Crippen LogP contribution < -0.4 is 0 Å². The number of likely N-dealkylation sites (tertiary alicyclic amines) is 1. The topological polar surface area (TPSA) is 23.5 Å². The highest BCUT2D eigenvalue weighted by molar-refractivity contribution is 4.84. The summed E-state index contributed by atoms with van der Waals surface area (Å²) in [7, 11) is 2.08. The Labute approximate surface area is 75.6 Å². The molecule has 1 heterocycles. The third-order valence-corrected chi connectivity index (χ3v) is 2.84. The summed E-state index contributed by atoms with van der Waals surface area (Å²) in [6.07, 6.45) is 0.848. The molecule has 0 spiro atoms. The van der Waals surface area contributed by atoms with Gasteiger partial charge in [-0.15, -0.1) is 0 Å². The summed E-state index contributed by atoms with van der Waals surface area (Å²) in [6.45, 7) is 8.73. The van der Waals surface area contributed by atoms with Crippen LogP contribution >= 0.6 is 0 Å². The Kier molecular flexibility index (Phi) is 2.79. The van der Waals surface area contributed by atoms with Crippen LogP contribution in [0.3, 0.4) is 0 Å². The van der Waals surface area contributed by atoms with Gasteiger partial charge in [0.1, 0.15) is 0 Å². The molecule has 0 bridgehead atoms. The number of likely N-dealkylation sites (N-methyl/N-ethyl adjacent to an activating group) is 1. The zero-order valence-electron chi connectivity index (χ0n) is 8.67. The first-order chi connectivity index (χ1) is 5.39. The minimum atomic E-state index is -0.118. The molecule has 0 saturated carbocycles. The molecular formula is C10H21NO. The highest BCUT2D eigenvalue weighted by atomic mass is 16.3. The van der Waals surface area contributed by atoms with Crippen LogP contribution in [0.25, 0.3) is 0 Å². The smallest absolute Gasteiger partial charge is 0.0670 e. The Morgan fingerprint density at radius 3 is 2.25 bits per heavy atom. The van der Waals surface area contributed by atoms with E-state index in [0.29, 0.717) is 11.3 Å². The zero-order chi connectivity index (χ0) is 9.35. The predicted octanol–water partition coefficient (Wildman–Crippen LogP) is 1.35. The lowest BCUT2D eigenvalue weighted by Gasteiger charge is -2.40. The van der Waals surface area contributed by atoms with Crippen LogP contribution in [0.2, 0.25) is 0 Å². The zero-order valence-corrected chi connectivity index (χ0v) is 8.67. The first-order valence-electron chi connectivity index (χ1n) is 4.76. The third-order valence-electron chi connectivity index (χ3n) is 2.84. The molecular weight excluding hydrogens is 150 g/mol. The molecule has 0 amide bonds. The SMILES string of the molecule is CN1C[C@@H](O)C[C@@H](C(C)(C)C)C1.